The van der Waals surface area contributed by atoms with Crippen LogP contribution in [-0.4, -0.2) is 47.4 Å². The van der Waals surface area contributed by atoms with Gasteiger partial charge in [0.25, 0.3) is 0 Å². The van der Waals surface area contributed by atoms with Crippen LogP contribution in [0.3, 0.4) is 0 Å². The van der Waals surface area contributed by atoms with E-state index in [4.69, 9.17) is 14.7 Å². The summed E-state index contributed by atoms with van der Waals surface area (Å²) in [6.45, 7) is 0. The molecular formula is C22H19N7O3. The molecular weight excluding hydrogens is 410 g/mol. The highest BCUT2D eigenvalue weighted by atomic mass is 16.5. The van der Waals surface area contributed by atoms with Gasteiger partial charge in [-0.3, -0.25) is 9.98 Å². The molecule has 0 bridgehead atoms. The Hall–Kier alpha value is -4.34. The van der Waals surface area contributed by atoms with Crippen molar-refractivity contribution in [3.8, 4) is 17.4 Å². The number of benzene rings is 1. The lowest BCUT2D eigenvalue weighted by molar-refractivity contribution is 0.415. The third kappa shape index (κ3) is 3.04. The molecule has 160 valence electrons. The Morgan fingerprint density at radius 3 is 2.88 bits per heavy atom. The Morgan fingerprint density at radius 1 is 1.25 bits per heavy atom. The lowest BCUT2D eigenvalue weighted by Crippen LogP contribution is -2.20. The highest BCUT2D eigenvalue weighted by Gasteiger charge is 2.20. The highest BCUT2D eigenvalue weighted by Crippen LogP contribution is 2.25. The van der Waals surface area contributed by atoms with E-state index in [9.17, 15) is 9.90 Å². The molecule has 0 spiro atoms. The van der Waals surface area contributed by atoms with E-state index in [1.165, 1.54) is 0 Å². The van der Waals surface area contributed by atoms with Crippen LogP contribution in [-0.2, 0) is 0 Å². The number of ether oxygens (including phenoxy) is 1. The number of aromatic hydroxyl groups is 1. The quantitative estimate of drug-likeness (QED) is 0.393. The van der Waals surface area contributed by atoms with Crippen molar-refractivity contribution in [3.05, 3.63) is 69.6 Å². The van der Waals surface area contributed by atoms with Gasteiger partial charge in [-0.15, -0.1) is 0 Å². The minimum absolute atomic E-state index is 0.239. The largest absolute Gasteiger partial charge is 0.497 e. The normalized spacial score (nSPS) is 15.3. The maximum absolute atomic E-state index is 11.5. The van der Waals surface area contributed by atoms with Gasteiger partial charge in [0.1, 0.15) is 17.3 Å². The van der Waals surface area contributed by atoms with Crippen LogP contribution < -0.4 is 21.1 Å². The molecule has 0 aliphatic heterocycles. The average molecular weight is 429 g/mol. The van der Waals surface area contributed by atoms with Gasteiger partial charge in [-0.25, -0.2) is 9.78 Å². The Bertz CT molecular complexity index is 1670. The second-order valence-electron chi connectivity index (χ2n) is 7.76. The predicted octanol–water partition coefficient (Wildman–Crippen LogP) is 1.01. The summed E-state index contributed by atoms with van der Waals surface area (Å²) < 4.78 is 9.06. The van der Waals surface area contributed by atoms with Crippen molar-refractivity contribution in [3.63, 3.8) is 0 Å². The van der Waals surface area contributed by atoms with Crippen LogP contribution in [0.1, 0.15) is 18.5 Å². The molecule has 1 aliphatic rings. The van der Waals surface area contributed by atoms with E-state index in [1.807, 2.05) is 41.1 Å². The van der Waals surface area contributed by atoms with Crippen molar-refractivity contribution >= 4 is 22.6 Å². The van der Waals surface area contributed by atoms with Gasteiger partial charge in [0.15, 0.2) is 11.1 Å². The number of aromatic nitrogens is 6. The Labute approximate surface area is 180 Å². The van der Waals surface area contributed by atoms with Crippen LogP contribution in [0.2, 0.25) is 0 Å². The molecule has 0 radical (unpaired) electrons. The molecule has 0 saturated heterocycles. The maximum Gasteiger partial charge on any atom is 0.326 e. The molecule has 6 rings (SSSR count). The number of aromatic amines is 2. The fraction of sp³-hybridized carbons (Fsp3) is 0.182. The summed E-state index contributed by atoms with van der Waals surface area (Å²) >= 11 is 0. The van der Waals surface area contributed by atoms with Gasteiger partial charge in [-0.1, -0.05) is 0 Å². The van der Waals surface area contributed by atoms with E-state index in [1.54, 1.807) is 23.9 Å². The zero-order valence-electron chi connectivity index (χ0n) is 17.1. The van der Waals surface area contributed by atoms with Crippen LogP contribution in [0.15, 0.2) is 52.5 Å². The molecule has 4 aromatic heterocycles. The molecule has 1 saturated carbocycles. The second kappa shape index (κ2) is 6.84. The molecule has 32 heavy (non-hydrogen) atoms. The third-order valence-electron chi connectivity index (χ3n) is 5.51. The van der Waals surface area contributed by atoms with Gasteiger partial charge in [0, 0.05) is 28.9 Å². The maximum atomic E-state index is 11.5. The number of fused-ring (bicyclic) bond motifs is 2. The number of H-pyrrole nitrogens is 2. The molecule has 0 amide bonds. The van der Waals surface area contributed by atoms with Crippen molar-refractivity contribution in [2.24, 2.45) is 4.99 Å². The van der Waals surface area contributed by atoms with Gasteiger partial charge in [0.05, 0.1) is 24.9 Å². The minimum atomic E-state index is -0.490. The van der Waals surface area contributed by atoms with Crippen LogP contribution in [0.25, 0.3) is 28.4 Å². The fourth-order valence-electron chi connectivity index (χ4n) is 3.74. The summed E-state index contributed by atoms with van der Waals surface area (Å²) in [6.07, 6.45) is 7.34. The molecule has 10 heteroatoms. The van der Waals surface area contributed by atoms with Crippen molar-refractivity contribution in [2.75, 3.05) is 7.11 Å². The van der Waals surface area contributed by atoms with Crippen LogP contribution in [0.5, 0.6) is 11.6 Å². The first kappa shape index (κ1) is 18.4. The zero-order valence-corrected chi connectivity index (χ0v) is 17.1. The van der Waals surface area contributed by atoms with E-state index in [0.29, 0.717) is 22.2 Å². The number of nitrogens with one attached hydrogen (secondary N) is 2. The number of rotatable bonds is 4. The SMILES string of the molecule is COc1ccc2ccn(-c3cc(=NC4CC4)n4nc/c(=C/c5[nH]c(=O)[nH]c5O)c4n3)c2c1. The number of methoxy groups -OCH3 is 1. The molecule has 0 atom stereocenters. The standard InChI is InChI=1S/C22H19N7O3/c1-32-15-5-2-12-6-7-28(17(12)9-15)18-10-19(24-14-3-4-14)29-20(26-18)13(11-23-29)8-16-21(30)27-22(31)25-16/h2,5-11,14,30H,3-4H2,1H3,(H2,25,27,31)/b13-8-,24-19?. The molecule has 1 aliphatic carbocycles. The van der Waals surface area contributed by atoms with E-state index >= 15 is 0 Å². The lowest BCUT2D eigenvalue weighted by Gasteiger charge is -2.07. The topological polar surface area (TPSA) is 126 Å². The summed E-state index contributed by atoms with van der Waals surface area (Å²) in [5.74, 6) is 1.20. The smallest absolute Gasteiger partial charge is 0.326 e. The first-order valence-corrected chi connectivity index (χ1v) is 10.2. The van der Waals surface area contributed by atoms with Crippen LogP contribution in [0.4, 0.5) is 0 Å². The average Bonchev–Trinajstić information content (AvgIpc) is 3.21. The van der Waals surface area contributed by atoms with Crippen molar-refractivity contribution in [2.45, 2.75) is 18.9 Å². The molecule has 1 fully saturated rings. The van der Waals surface area contributed by atoms with E-state index in [2.05, 4.69) is 15.1 Å². The molecule has 4 heterocycles. The molecule has 10 nitrogen and oxygen atoms in total. The van der Waals surface area contributed by atoms with Crippen molar-refractivity contribution in [1.82, 2.24) is 29.1 Å². The fourth-order valence-corrected chi connectivity index (χ4v) is 3.74. The van der Waals surface area contributed by atoms with E-state index in [0.717, 1.165) is 29.5 Å². The second-order valence-corrected chi connectivity index (χ2v) is 7.76. The number of hydrogen-bond donors (Lipinski definition) is 3. The minimum Gasteiger partial charge on any atom is -0.497 e. The number of imidazole rings is 1. The van der Waals surface area contributed by atoms with Gasteiger partial charge < -0.3 is 19.4 Å². The summed E-state index contributed by atoms with van der Waals surface area (Å²) in [5.41, 5.74) is 1.98. The first-order valence-electron chi connectivity index (χ1n) is 10.2. The van der Waals surface area contributed by atoms with Gasteiger partial charge in [-0.2, -0.15) is 9.61 Å². The van der Waals surface area contributed by atoms with Gasteiger partial charge in [-0.05, 0) is 37.1 Å². The Kier molecular flexibility index (Phi) is 3.94. The predicted molar refractivity (Wildman–Crippen MR) is 117 cm³/mol. The highest BCUT2D eigenvalue weighted by molar-refractivity contribution is 5.83. The molecule has 5 aromatic rings. The first-order chi connectivity index (χ1) is 15.6. The van der Waals surface area contributed by atoms with Crippen molar-refractivity contribution in [1.29, 1.82) is 0 Å². The van der Waals surface area contributed by atoms with Gasteiger partial charge >= 0.3 is 5.69 Å². The van der Waals surface area contributed by atoms with E-state index in [-0.39, 0.29) is 17.6 Å². The zero-order chi connectivity index (χ0) is 21.8. The Morgan fingerprint density at radius 2 is 2.12 bits per heavy atom. The molecule has 3 N–H and O–H groups in total. The van der Waals surface area contributed by atoms with E-state index < -0.39 is 5.69 Å². The van der Waals surface area contributed by atoms with Crippen LogP contribution in [0, 0.1) is 0 Å². The monoisotopic (exact) mass is 429 g/mol. The molecule has 1 aromatic carbocycles. The number of nitrogens with zero attached hydrogens (tertiary/aromatic N) is 5. The Balaban J connectivity index is 1.63. The number of hydrogen-bond acceptors (Lipinski definition) is 6. The van der Waals surface area contributed by atoms with Crippen LogP contribution >= 0.6 is 0 Å². The van der Waals surface area contributed by atoms with Gasteiger partial charge in [0.2, 0.25) is 5.88 Å². The summed E-state index contributed by atoms with van der Waals surface area (Å²) in [6, 6.07) is 10.1. The summed E-state index contributed by atoms with van der Waals surface area (Å²) in [5, 5.41) is 16.1. The van der Waals surface area contributed by atoms with Crippen molar-refractivity contribution < 1.29 is 9.84 Å². The third-order valence-corrected chi connectivity index (χ3v) is 5.51. The summed E-state index contributed by atoms with van der Waals surface area (Å²) in [4.78, 5) is 26.1. The molecule has 0 unspecified atom stereocenters. The summed E-state index contributed by atoms with van der Waals surface area (Å²) in [7, 11) is 1.64. The lowest BCUT2D eigenvalue weighted by atomic mass is 10.2.